The van der Waals surface area contributed by atoms with Gasteiger partial charge < -0.3 is 15.2 Å². The smallest absolute Gasteiger partial charge is 0.343 e. The minimum atomic E-state index is -0.606. The molecule has 5 nitrogen and oxygen atoms in total. The molecule has 0 amide bonds. The SMILES string of the molecule is CC1(C)OC(=O)c2c1ccnc2N[C@@H]1C=C[C@H](CO)C1. The number of hydrogen-bond acceptors (Lipinski definition) is 5. The number of anilines is 1. The fourth-order valence-corrected chi connectivity index (χ4v) is 2.81. The molecule has 0 bridgehead atoms. The molecule has 1 aliphatic carbocycles. The highest BCUT2D eigenvalue weighted by Crippen LogP contribution is 2.38. The largest absolute Gasteiger partial charge is 0.451 e. The van der Waals surface area contributed by atoms with E-state index in [0.29, 0.717) is 11.4 Å². The minimum absolute atomic E-state index is 0.0858. The lowest BCUT2D eigenvalue weighted by molar-refractivity contribution is 0.00958. The van der Waals surface area contributed by atoms with Gasteiger partial charge in [-0.05, 0) is 26.3 Å². The van der Waals surface area contributed by atoms with Crippen molar-refractivity contribution in [3.8, 4) is 0 Å². The maximum atomic E-state index is 12.0. The van der Waals surface area contributed by atoms with Gasteiger partial charge in [-0.15, -0.1) is 0 Å². The zero-order valence-electron chi connectivity index (χ0n) is 11.6. The molecule has 2 N–H and O–H groups in total. The van der Waals surface area contributed by atoms with Gasteiger partial charge in [0, 0.05) is 30.3 Å². The molecule has 2 heterocycles. The van der Waals surface area contributed by atoms with Crippen molar-refractivity contribution in [3.05, 3.63) is 35.5 Å². The van der Waals surface area contributed by atoms with Crippen LogP contribution in [0.5, 0.6) is 0 Å². The van der Waals surface area contributed by atoms with Crippen LogP contribution in [0.3, 0.4) is 0 Å². The number of nitrogens with zero attached hydrogens (tertiary/aromatic N) is 1. The number of cyclic esters (lactones) is 1. The first-order valence-corrected chi connectivity index (χ1v) is 6.80. The average molecular weight is 274 g/mol. The molecular weight excluding hydrogens is 256 g/mol. The summed E-state index contributed by atoms with van der Waals surface area (Å²) in [6.45, 7) is 3.89. The summed E-state index contributed by atoms with van der Waals surface area (Å²) < 4.78 is 5.39. The first kappa shape index (κ1) is 13.1. The Morgan fingerprint density at radius 1 is 1.50 bits per heavy atom. The maximum Gasteiger partial charge on any atom is 0.343 e. The van der Waals surface area contributed by atoms with E-state index >= 15 is 0 Å². The van der Waals surface area contributed by atoms with E-state index in [1.807, 2.05) is 32.1 Å². The number of rotatable bonds is 3. The number of esters is 1. The van der Waals surface area contributed by atoms with E-state index in [1.165, 1.54) is 0 Å². The lowest BCUT2D eigenvalue weighted by atomic mass is 9.97. The predicted octanol–water partition coefficient (Wildman–Crippen LogP) is 1.84. The van der Waals surface area contributed by atoms with E-state index < -0.39 is 5.60 Å². The molecule has 1 aromatic heterocycles. The van der Waals surface area contributed by atoms with Crippen LogP contribution in [0.15, 0.2) is 24.4 Å². The molecule has 0 saturated carbocycles. The highest BCUT2D eigenvalue weighted by molar-refractivity contribution is 5.99. The first-order valence-electron chi connectivity index (χ1n) is 6.80. The molecule has 2 aliphatic rings. The number of carbonyl (C=O) groups excluding carboxylic acids is 1. The molecule has 1 aliphatic heterocycles. The normalized spacial score (nSPS) is 26.4. The summed E-state index contributed by atoms with van der Waals surface area (Å²) in [7, 11) is 0. The monoisotopic (exact) mass is 274 g/mol. The van der Waals surface area contributed by atoms with E-state index in [2.05, 4.69) is 10.3 Å². The summed E-state index contributed by atoms with van der Waals surface area (Å²) in [5, 5.41) is 12.4. The van der Waals surface area contributed by atoms with Crippen molar-refractivity contribution in [1.82, 2.24) is 4.98 Å². The highest BCUT2D eigenvalue weighted by Gasteiger charge is 2.40. The van der Waals surface area contributed by atoms with Crippen LogP contribution in [0.25, 0.3) is 0 Å². The third-order valence-electron chi connectivity index (χ3n) is 3.88. The molecule has 1 aromatic rings. The van der Waals surface area contributed by atoms with Crippen molar-refractivity contribution < 1.29 is 14.6 Å². The quantitative estimate of drug-likeness (QED) is 0.650. The number of pyridine rings is 1. The predicted molar refractivity (Wildman–Crippen MR) is 74.4 cm³/mol. The lowest BCUT2D eigenvalue weighted by Gasteiger charge is -2.18. The van der Waals surface area contributed by atoms with Gasteiger partial charge >= 0.3 is 5.97 Å². The fraction of sp³-hybridized carbons (Fsp3) is 0.467. The fourth-order valence-electron chi connectivity index (χ4n) is 2.81. The van der Waals surface area contributed by atoms with E-state index in [1.54, 1.807) is 6.20 Å². The van der Waals surface area contributed by atoms with Crippen molar-refractivity contribution in [2.24, 2.45) is 5.92 Å². The van der Waals surface area contributed by atoms with Crippen LogP contribution >= 0.6 is 0 Å². The summed E-state index contributed by atoms with van der Waals surface area (Å²) in [5.41, 5.74) is 0.782. The Labute approximate surface area is 117 Å². The number of aliphatic hydroxyl groups is 1. The van der Waals surface area contributed by atoms with Gasteiger partial charge in [-0.2, -0.15) is 0 Å². The van der Waals surface area contributed by atoms with Gasteiger partial charge in [0.05, 0.1) is 0 Å². The van der Waals surface area contributed by atoms with Crippen molar-refractivity contribution >= 4 is 11.8 Å². The van der Waals surface area contributed by atoms with Crippen LogP contribution in [0.4, 0.5) is 5.82 Å². The second kappa shape index (κ2) is 4.59. The molecule has 0 fully saturated rings. The molecule has 106 valence electrons. The van der Waals surface area contributed by atoms with E-state index in [0.717, 1.165) is 12.0 Å². The van der Waals surface area contributed by atoms with Gasteiger partial charge in [0.2, 0.25) is 0 Å². The Kier molecular flexibility index (Phi) is 3.01. The van der Waals surface area contributed by atoms with Crippen LogP contribution < -0.4 is 5.32 Å². The highest BCUT2D eigenvalue weighted by atomic mass is 16.6. The molecule has 0 spiro atoms. The zero-order valence-corrected chi connectivity index (χ0v) is 11.6. The van der Waals surface area contributed by atoms with Gasteiger partial charge in [0.25, 0.3) is 0 Å². The molecule has 5 heteroatoms. The van der Waals surface area contributed by atoms with Crippen molar-refractivity contribution in [3.63, 3.8) is 0 Å². The van der Waals surface area contributed by atoms with E-state index in [9.17, 15) is 4.79 Å². The summed E-state index contributed by atoms with van der Waals surface area (Å²) in [6, 6.07) is 1.91. The van der Waals surface area contributed by atoms with Gasteiger partial charge in [-0.25, -0.2) is 9.78 Å². The molecule has 0 aromatic carbocycles. The summed E-state index contributed by atoms with van der Waals surface area (Å²) >= 11 is 0. The maximum absolute atomic E-state index is 12.0. The van der Waals surface area contributed by atoms with Crippen LogP contribution in [0.2, 0.25) is 0 Å². The molecule has 0 saturated heterocycles. The Morgan fingerprint density at radius 2 is 2.30 bits per heavy atom. The Bertz CT molecular complexity index is 580. The Balaban J connectivity index is 1.88. The van der Waals surface area contributed by atoms with E-state index in [-0.39, 0.29) is 24.5 Å². The number of ether oxygens (including phenoxy) is 1. The minimum Gasteiger partial charge on any atom is -0.451 e. The third kappa shape index (κ3) is 2.08. The lowest BCUT2D eigenvalue weighted by Crippen LogP contribution is -2.19. The summed E-state index contributed by atoms with van der Waals surface area (Å²) in [6.07, 6.45) is 6.49. The van der Waals surface area contributed by atoms with Crippen molar-refractivity contribution in [1.29, 1.82) is 0 Å². The number of carbonyl (C=O) groups is 1. The van der Waals surface area contributed by atoms with Gasteiger partial charge in [-0.3, -0.25) is 0 Å². The van der Waals surface area contributed by atoms with E-state index in [4.69, 9.17) is 9.84 Å². The summed E-state index contributed by atoms with van der Waals surface area (Å²) in [5.74, 6) is 0.403. The molecule has 2 atom stereocenters. The van der Waals surface area contributed by atoms with Crippen LogP contribution in [0, 0.1) is 5.92 Å². The summed E-state index contributed by atoms with van der Waals surface area (Å²) in [4.78, 5) is 16.3. The molecule has 0 radical (unpaired) electrons. The average Bonchev–Trinajstić information content (AvgIpc) is 2.94. The number of aromatic nitrogens is 1. The number of nitrogens with one attached hydrogen (secondary N) is 1. The van der Waals surface area contributed by atoms with Crippen molar-refractivity contribution in [2.45, 2.75) is 31.9 Å². The number of aliphatic hydroxyl groups excluding tert-OH is 1. The molecule has 3 rings (SSSR count). The Morgan fingerprint density at radius 3 is 3.00 bits per heavy atom. The van der Waals surface area contributed by atoms with Crippen molar-refractivity contribution in [2.75, 3.05) is 11.9 Å². The topological polar surface area (TPSA) is 71.5 Å². The third-order valence-corrected chi connectivity index (χ3v) is 3.88. The second-order valence-corrected chi connectivity index (χ2v) is 5.80. The van der Waals surface area contributed by atoms with Gasteiger partial charge in [0.1, 0.15) is 17.0 Å². The molecule has 20 heavy (non-hydrogen) atoms. The number of hydrogen-bond donors (Lipinski definition) is 2. The van der Waals surface area contributed by atoms with Crippen LogP contribution in [-0.4, -0.2) is 28.7 Å². The second-order valence-electron chi connectivity index (χ2n) is 5.80. The Hall–Kier alpha value is -1.88. The molecule has 0 unspecified atom stereocenters. The van der Waals surface area contributed by atoms with Gasteiger partial charge in [0.15, 0.2) is 0 Å². The van der Waals surface area contributed by atoms with Crippen LogP contribution in [-0.2, 0) is 10.3 Å². The first-order chi connectivity index (χ1) is 9.51. The van der Waals surface area contributed by atoms with Crippen LogP contribution in [0.1, 0.15) is 36.2 Å². The molecular formula is C15H18N2O3. The van der Waals surface area contributed by atoms with Gasteiger partial charge in [-0.1, -0.05) is 12.2 Å². The zero-order chi connectivity index (χ0) is 14.3. The number of fused-ring (bicyclic) bond motifs is 1. The standard InChI is InChI=1S/C15H18N2O3/c1-15(2)11-5-6-16-13(12(11)14(19)20-15)17-10-4-3-9(7-10)8-18/h3-6,9-10,18H,7-8H2,1-2H3,(H,16,17)/t9-,10+/m0/s1.